The van der Waals surface area contributed by atoms with Gasteiger partial charge < -0.3 is 0 Å². The molecule has 5 rings (SSSR count). The van der Waals surface area contributed by atoms with Crippen molar-refractivity contribution in [3.8, 4) is 33.3 Å². The third-order valence-electron chi connectivity index (χ3n) is 3.81. The third kappa shape index (κ3) is 2.39. The van der Waals surface area contributed by atoms with Gasteiger partial charge in [0.25, 0.3) is 0 Å². The number of fused-ring (bicyclic) bond motifs is 1. The van der Waals surface area contributed by atoms with Crippen LogP contribution in [0.3, 0.4) is 0 Å². The molecule has 0 spiro atoms. The minimum Gasteiger partial charge on any atom is -0.275 e. The fourth-order valence-electron chi connectivity index (χ4n) is 2.59. The Morgan fingerprint density at radius 2 is 1.76 bits per heavy atom. The van der Waals surface area contributed by atoms with Crippen LogP contribution in [-0.4, -0.2) is 35.0 Å². The van der Waals surface area contributed by atoms with Crippen LogP contribution in [0.2, 0.25) is 0 Å². The Labute approximate surface area is 146 Å². The van der Waals surface area contributed by atoms with Crippen LogP contribution < -0.4 is 0 Å². The second-order valence-corrected chi connectivity index (χ2v) is 6.35. The number of hydrogen-bond donors (Lipinski definition) is 1. The molecular weight excluding hydrogens is 334 g/mol. The number of nitrogens with one attached hydrogen (secondary N) is 1. The molecule has 5 aromatic rings. The number of nitrogens with zero attached hydrogens (tertiary/aromatic N) is 6. The Morgan fingerprint density at radius 1 is 0.920 bits per heavy atom. The minimum atomic E-state index is 0.697. The predicted octanol–water partition coefficient (Wildman–Crippen LogP) is 3.30. The van der Waals surface area contributed by atoms with Crippen molar-refractivity contribution in [1.29, 1.82) is 0 Å². The number of aromatic nitrogens is 7. The first kappa shape index (κ1) is 14.0. The van der Waals surface area contributed by atoms with E-state index in [0.717, 1.165) is 32.5 Å². The summed E-state index contributed by atoms with van der Waals surface area (Å²) in [6.07, 6.45) is 3.45. The van der Waals surface area contributed by atoms with Gasteiger partial charge in [0.1, 0.15) is 0 Å². The molecule has 1 N–H and O–H groups in total. The maximum absolute atomic E-state index is 4.64. The molecule has 7 nitrogen and oxygen atoms in total. The van der Waals surface area contributed by atoms with Gasteiger partial charge in [-0.3, -0.25) is 10.1 Å². The van der Waals surface area contributed by atoms with Crippen LogP contribution in [0.15, 0.2) is 60.9 Å². The van der Waals surface area contributed by atoms with E-state index in [1.54, 1.807) is 16.9 Å². The van der Waals surface area contributed by atoms with Gasteiger partial charge in [-0.2, -0.15) is 14.7 Å². The van der Waals surface area contributed by atoms with Gasteiger partial charge in [-0.1, -0.05) is 41.7 Å². The highest BCUT2D eigenvalue weighted by Crippen LogP contribution is 2.29. The number of hydrogen-bond acceptors (Lipinski definition) is 6. The van der Waals surface area contributed by atoms with Crippen molar-refractivity contribution in [3.63, 3.8) is 0 Å². The monoisotopic (exact) mass is 345 g/mol. The molecule has 0 saturated carbocycles. The van der Waals surface area contributed by atoms with Gasteiger partial charge in [-0.05, 0) is 18.2 Å². The molecule has 0 fully saturated rings. The number of aromatic amines is 1. The van der Waals surface area contributed by atoms with Gasteiger partial charge >= 0.3 is 0 Å². The highest BCUT2D eigenvalue weighted by atomic mass is 32.1. The highest BCUT2D eigenvalue weighted by molar-refractivity contribution is 7.19. The lowest BCUT2D eigenvalue weighted by Gasteiger charge is -1.94. The number of rotatable bonds is 3. The van der Waals surface area contributed by atoms with Crippen molar-refractivity contribution < 1.29 is 0 Å². The van der Waals surface area contributed by atoms with Crippen LogP contribution in [0.1, 0.15) is 0 Å². The zero-order valence-electron chi connectivity index (χ0n) is 12.9. The molecule has 0 atom stereocenters. The topological polar surface area (TPSA) is 84.6 Å². The molecule has 1 aromatic carbocycles. The summed E-state index contributed by atoms with van der Waals surface area (Å²) in [7, 11) is 0. The molecule has 25 heavy (non-hydrogen) atoms. The molecule has 0 aliphatic carbocycles. The van der Waals surface area contributed by atoms with Crippen LogP contribution in [0, 0.1) is 0 Å². The summed E-state index contributed by atoms with van der Waals surface area (Å²) in [6, 6.07) is 15.8. The molecule has 0 bridgehead atoms. The Balaban J connectivity index is 1.56. The van der Waals surface area contributed by atoms with Crippen LogP contribution >= 0.6 is 11.3 Å². The molecule has 0 aliphatic rings. The maximum Gasteiger partial charge on any atom is 0.235 e. The number of benzene rings is 1. The minimum absolute atomic E-state index is 0.697. The summed E-state index contributed by atoms with van der Waals surface area (Å²) >= 11 is 1.47. The molecule has 4 heterocycles. The number of pyridine rings is 1. The average molecular weight is 345 g/mol. The molecule has 0 unspecified atom stereocenters. The molecule has 120 valence electrons. The van der Waals surface area contributed by atoms with E-state index < -0.39 is 0 Å². The summed E-state index contributed by atoms with van der Waals surface area (Å²) in [5, 5.41) is 21.3. The first-order valence-electron chi connectivity index (χ1n) is 7.62. The Kier molecular flexibility index (Phi) is 3.14. The molecule has 0 radical (unpaired) electrons. The second kappa shape index (κ2) is 5.60. The highest BCUT2D eigenvalue weighted by Gasteiger charge is 2.16. The first-order chi connectivity index (χ1) is 12.4. The van der Waals surface area contributed by atoms with Crippen LogP contribution in [0.4, 0.5) is 0 Å². The molecule has 8 heteroatoms. The van der Waals surface area contributed by atoms with E-state index in [4.69, 9.17) is 0 Å². The second-order valence-electron chi connectivity index (χ2n) is 5.39. The Hall–Kier alpha value is -3.39. The Bertz CT molecular complexity index is 1140. The van der Waals surface area contributed by atoms with Gasteiger partial charge in [0, 0.05) is 23.5 Å². The molecule has 0 aliphatic heterocycles. The zero-order chi connectivity index (χ0) is 16.6. The third-order valence-corrected chi connectivity index (χ3v) is 4.74. The largest absolute Gasteiger partial charge is 0.275 e. The molecule has 0 amide bonds. The molecular formula is C17H11N7S. The molecule has 0 saturated heterocycles. The smallest absolute Gasteiger partial charge is 0.235 e. The van der Waals surface area contributed by atoms with Crippen LogP contribution in [0.5, 0.6) is 0 Å². The lowest BCUT2D eigenvalue weighted by Crippen LogP contribution is -1.91. The van der Waals surface area contributed by atoms with Crippen molar-refractivity contribution in [1.82, 2.24) is 35.0 Å². The van der Waals surface area contributed by atoms with E-state index in [0.29, 0.717) is 5.82 Å². The van der Waals surface area contributed by atoms with Crippen molar-refractivity contribution in [2.45, 2.75) is 0 Å². The summed E-state index contributed by atoms with van der Waals surface area (Å²) in [6.45, 7) is 0. The summed E-state index contributed by atoms with van der Waals surface area (Å²) in [5.41, 5.74) is 3.73. The average Bonchev–Trinajstić information content (AvgIpc) is 3.38. The van der Waals surface area contributed by atoms with Crippen molar-refractivity contribution >= 4 is 16.3 Å². The van der Waals surface area contributed by atoms with E-state index in [-0.39, 0.29) is 0 Å². The number of H-pyrrole nitrogens is 1. The zero-order valence-corrected chi connectivity index (χ0v) is 13.7. The standard InChI is InChI=1S/C17H11N7S/c1-2-4-11(5-3-1)13-10-14(20-19-13)16-23-24-15(21-22-17(24)25-16)12-6-8-18-9-7-12/h1-10H,(H,19,20). The van der Waals surface area contributed by atoms with Crippen molar-refractivity contribution in [2.24, 2.45) is 0 Å². The van der Waals surface area contributed by atoms with Gasteiger partial charge in [-0.25, -0.2) is 0 Å². The first-order valence-corrected chi connectivity index (χ1v) is 8.44. The fraction of sp³-hybridized carbons (Fsp3) is 0. The van der Waals surface area contributed by atoms with Crippen molar-refractivity contribution in [3.05, 3.63) is 60.9 Å². The van der Waals surface area contributed by atoms with E-state index >= 15 is 0 Å². The van der Waals surface area contributed by atoms with Crippen LogP contribution in [-0.2, 0) is 0 Å². The lowest BCUT2D eigenvalue weighted by atomic mass is 10.1. The van der Waals surface area contributed by atoms with Gasteiger partial charge in [-0.15, -0.1) is 10.2 Å². The van der Waals surface area contributed by atoms with Crippen LogP contribution in [0.25, 0.3) is 38.3 Å². The lowest BCUT2D eigenvalue weighted by molar-refractivity contribution is 0.963. The van der Waals surface area contributed by atoms with Gasteiger partial charge in [0.05, 0.1) is 11.4 Å². The van der Waals surface area contributed by atoms with Gasteiger partial charge in [0.15, 0.2) is 10.8 Å². The normalized spacial score (nSPS) is 11.2. The van der Waals surface area contributed by atoms with E-state index in [2.05, 4.69) is 30.5 Å². The fourth-order valence-corrected chi connectivity index (χ4v) is 3.40. The van der Waals surface area contributed by atoms with E-state index in [1.807, 2.05) is 48.5 Å². The maximum atomic E-state index is 4.64. The quantitative estimate of drug-likeness (QED) is 0.542. The summed E-state index contributed by atoms with van der Waals surface area (Å²) in [4.78, 5) is 4.77. The van der Waals surface area contributed by atoms with E-state index in [9.17, 15) is 0 Å². The summed E-state index contributed by atoms with van der Waals surface area (Å²) < 4.78 is 1.75. The SMILES string of the molecule is c1ccc(-c2cc(-c3nn4c(-c5ccncc5)nnc4s3)[nH]n2)cc1. The van der Waals surface area contributed by atoms with E-state index in [1.165, 1.54) is 11.3 Å². The summed E-state index contributed by atoms with van der Waals surface area (Å²) in [5.74, 6) is 0.697. The predicted molar refractivity (Wildman–Crippen MR) is 94.9 cm³/mol. The Morgan fingerprint density at radius 3 is 2.60 bits per heavy atom. The molecule has 4 aromatic heterocycles. The van der Waals surface area contributed by atoms with Gasteiger partial charge in [0.2, 0.25) is 4.96 Å². The van der Waals surface area contributed by atoms with Crippen molar-refractivity contribution in [2.75, 3.05) is 0 Å².